The van der Waals surface area contributed by atoms with Crippen molar-refractivity contribution >= 4 is 21.6 Å². The molecule has 1 aromatic rings. The number of pyridine rings is 1. The molecule has 2 atom stereocenters. The lowest BCUT2D eigenvalue weighted by Crippen LogP contribution is -2.43. The maximum atomic E-state index is 11.8. The largest absolute Gasteiger partial charge is 0.481 e. The van der Waals surface area contributed by atoms with Crippen LogP contribution in [0.15, 0.2) is 23.2 Å². The van der Waals surface area contributed by atoms with Crippen LogP contribution in [0.5, 0.6) is 0 Å². The van der Waals surface area contributed by atoms with Gasteiger partial charge in [0.15, 0.2) is 9.84 Å². The van der Waals surface area contributed by atoms with Crippen molar-refractivity contribution in [2.24, 2.45) is 5.92 Å². The van der Waals surface area contributed by atoms with E-state index in [1.165, 1.54) is 6.07 Å². The van der Waals surface area contributed by atoms with Crippen LogP contribution in [0, 0.1) is 5.92 Å². The maximum Gasteiger partial charge on any atom is 0.306 e. The second kappa shape index (κ2) is 5.40. The molecule has 2 heterocycles. The number of hydrogen-bond acceptors (Lipinski definition) is 5. The minimum Gasteiger partial charge on any atom is -0.481 e. The molecule has 0 spiro atoms. The minimum absolute atomic E-state index is 0.0553. The van der Waals surface area contributed by atoms with Gasteiger partial charge in [-0.05, 0) is 31.9 Å². The van der Waals surface area contributed by atoms with Crippen LogP contribution in [0.2, 0.25) is 0 Å². The van der Waals surface area contributed by atoms with E-state index < -0.39 is 15.8 Å². The Morgan fingerprint density at radius 3 is 2.75 bits per heavy atom. The van der Waals surface area contributed by atoms with Gasteiger partial charge < -0.3 is 10.0 Å². The molecule has 20 heavy (non-hydrogen) atoms. The van der Waals surface area contributed by atoms with Crippen molar-refractivity contribution in [1.82, 2.24) is 4.98 Å². The number of sulfone groups is 1. The average Bonchev–Trinajstić information content (AvgIpc) is 2.37. The van der Waals surface area contributed by atoms with Crippen molar-refractivity contribution in [3.05, 3.63) is 18.3 Å². The van der Waals surface area contributed by atoms with E-state index in [9.17, 15) is 13.2 Å². The molecule has 1 fully saturated rings. The Labute approximate surface area is 118 Å². The smallest absolute Gasteiger partial charge is 0.306 e. The number of nitrogens with zero attached hydrogens (tertiary/aromatic N) is 2. The number of carboxylic acid groups (broad SMARTS) is 1. The third kappa shape index (κ3) is 2.92. The summed E-state index contributed by atoms with van der Waals surface area (Å²) in [5, 5.41) is 9.07. The van der Waals surface area contributed by atoms with Crippen molar-refractivity contribution < 1.29 is 18.3 Å². The standard InChI is InChI=1S/C13H18N2O4S/c1-9-8-10(13(16)17)5-7-15(9)12-11(20(2,18)19)4-3-6-14-12/h3-4,6,9-10H,5,7-8H2,1-2H3,(H,16,17). The van der Waals surface area contributed by atoms with Gasteiger partial charge in [-0.1, -0.05) is 0 Å². The van der Waals surface area contributed by atoms with E-state index in [0.29, 0.717) is 25.2 Å². The average molecular weight is 298 g/mol. The number of carbonyl (C=O) groups is 1. The molecule has 0 aliphatic carbocycles. The molecule has 1 aromatic heterocycles. The zero-order valence-corrected chi connectivity index (χ0v) is 12.3. The molecular formula is C13H18N2O4S. The summed E-state index contributed by atoms with van der Waals surface area (Å²) in [5.41, 5.74) is 0. The van der Waals surface area contributed by atoms with Crippen LogP contribution in [-0.2, 0) is 14.6 Å². The molecule has 6 nitrogen and oxygen atoms in total. The molecule has 1 aliphatic rings. The summed E-state index contributed by atoms with van der Waals surface area (Å²) in [7, 11) is -3.36. The van der Waals surface area contributed by atoms with Crippen molar-refractivity contribution in [2.75, 3.05) is 17.7 Å². The lowest BCUT2D eigenvalue weighted by molar-refractivity contribution is -0.142. The summed E-state index contributed by atoms with van der Waals surface area (Å²) in [4.78, 5) is 17.3. The number of carboxylic acids is 1. The lowest BCUT2D eigenvalue weighted by atomic mass is 9.92. The Hall–Kier alpha value is -1.63. The van der Waals surface area contributed by atoms with Gasteiger partial charge in [-0.2, -0.15) is 0 Å². The molecule has 1 N–H and O–H groups in total. The Bertz CT molecular complexity index is 615. The number of aromatic nitrogens is 1. The number of aliphatic carboxylic acids is 1. The number of rotatable bonds is 3. The monoisotopic (exact) mass is 298 g/mol. The first-order valence-electron chi connectivity index (χ1n) is 6.45. The zero-order valence-electron chi connectivity index (χ0n) is 11.5. The summed E-state index contributed by atoms with van der Waals surface area (Å²) in [6, 6.07) is 3.07. The second-order valence-corrected chi connectivity index (χ2v) is 7.18. The SMILES string of the molecule is CC1CC(C(=O)O)CCN1c1ncccc1S(C)(=O)=O. The van der Waals surface area contributed by atoms with Crippen molar-refractivity contribution in [3.63, 3.8) is 0 Å². The van der Waals surface area contributed by atoms with Crippen molar-refractivity contribution in [3.8, 4) is 0 Å². The molecule has 1 aliphatic heterocycles. The van der Waals surface area contributed by atoms with Crippen LogP contribution in [0.3, 0.4) is 0 Å². The van der Waals surface area contributed by atoms with E-state index in [-0.39, 0.29) is 16.9 Å². The van der Waals surface area contributed by atoms with E-state index in [4.69, 9.17) is 5.11 Å². The van der Waals surface area contributed by atoms with Crippen LogP contribution in [0.1, 0.15) is 19.8 Å². The molecular weight excluding hydrogens is 280 g/mol. The summed E-state index contributed by atoms with van der Waals surface area (Å²) in [5.74, 6) is -0.737. The van der Waals surface area contributed by atoms with E-state index in [2.05, 4.69) is 4.98 Å². The predicted octanol–water partition coefficient (Wildman–Crippen LogP) is 1.17. The third-order valence-corrected chi connectivity index (χ3v) is 4.77. The highest BCUT2D eigenvalue weighted by atomic mass is 32.2. The van der Waals surface area contributed by atoms with E-state index in [1.54, 1.807) is 12.3 Å². The molecule has 0 aromatic carbocycles. The summed E-state index contributed by atoms with van der Waals surface area (Å²) in [6.07, 6.45) is 3.71. The molecule has 110 valence electrons. The predicted molar refractivity (Wildman–Crippen MR) is 74.5 cm³/mol. The topological polar surface area (TPSA) is 87.6 Å². The van der Waals surface area contributed by atoms with Crippen LogP contribution in [0.4, 0.5) is 5.82 Å². The van der Waals surface area contributed by atoms with Gasteiger partial charge in [0.2, 0.25) is 0 Å². The first-order chi connectivity index (χ1) is 9.30. The van der Waals surface area contributed by atoms with Gasteiger partial charge in [0.1, 0.15) is 10.7 Å². The van der Waals surface area contributed by atoms with Gasteiger partial charge in [-0.25, -0.2) is 13.4 Å². The molecule has 2 unspecified atom stereocenters. The van der Waals surface area contributed by atoms with Gasteiger partial charge in [0, 0.05) is 25.0 Å². The van der Waals surface area contributed by atoms with Crippen LogP contribution < -0.4 is 4.90 Å². The zero-order chi connectivity index (χ0) is 14.9. The highest BCUT2D eigenvalue weighted by molar-refractivity contribution is 7.90. The quantitative estimate of drug-likeness (QED) is 0.901. The van der Waals surface area contributed by atoms with Crippen molar-refractivity contribution in [2.45, 2.75) is 30.7 Å². The summed E-state index contributed by atoms with van der Waals surface area (Å²) in [6.45, 7) is 2.40. The highest BCUT2D eigenvalue weighted by Crippen LogP contribution is 2.30. The fourth-order valence-corrected chi connectivity index (χ4v) is 3.43. The first-order valence-corrected chi connectivity index (χ1v) is 8.34. The van der Waals surface area contributed by atoms with Gasteiger partial charge in [-0.15, -0.1) is 0 Å². The Morgan fingerprint density at radius 1 is 1.50 bits per heavy atom. The van der Waals surface area contributed by atoms with Gasteiger partial charge in [-0.3, -0.25) is 4.79 Å². The van der Waals surface area contributed by atoms with Crippen LogP contribution >= 0.6 is 0 Å². The normalized spacial score (nSPS) is 23.6. The minimum atomic E-state index is -3.36. The summed E-state index contributed by atoms with van der Waals surface area (Å²) >= 11 is 0. The molecule has 0 bridgehead atoms. The number of hydrogen-bond donors (Lipinski definition) is 1. The molecule has 0 saturated carbocycles. The highest BCUT2D eigenvalue weighted by Gasteiger charge is 2.32. The van der Waals surface area contributed by atoms with Crippen LogP contribution in [0.25, 0.3) is 0 Å². The number of piperidine rings is 1. The Balaban J connectivity index is 2.32. The lowest BCUT2D eigenvalue weighted by Gasteiger charge is -2.37. The second-order valence-electron chi connectivity index (χ2n) is 5.20. The Kier molecular flexibility index (Phi) is 3.99. The molecule has 2 rings (SSSR count). The fourth-order valence-electron chi connectivity index (χ4n) is 2.60. The van der Waals surface area contributed by atoms with Gasteiger partial charge in [0.05, 0.1) is 5.92 Å². The van der Waals surface area contributed by atoms with E-state index in [1.807, 2.05) is 11.8 Å². The molecule has 0 radical (unpaired) electrons. The summed E-state index contributed by atoms with van der Waals surface area (Å²) < 4.78 is 23.6. The van der Waals surface area contributed by atoms with Crippen LogP contribution in [-0.4, -0.2) is 43.3 Å². The number of anilines is 1. The van der Waals surface area contributed by atoms with Gasteiger partial charge in [0.25, 0.3) is 0 Å². The van der Waals surface area contributed by atoms with E-state index >= 15 is 0 Å². The molecule has 0 amide bonds. The third-order valence-electron chi connectivity index (χ3n) is 3.65. The first kappa shape index (κ1) is 14.8. The van der Waals surface area contributed by atoms with E-state index in [0.717, 1.165) is 6.26 Å². The van der Waals surface area contributed by atoms with Crippen molar-refractivity contribution in [1.29, 1.82) is 0 Å². The molecule has 1 saturated heterocycles. The fraction of sp³-hybridized carbons (Fsp3) is 0.538. The molecule has 7 heteroatoms. The Morgan fingerprint density at radius 2 is 2.20 bits per heavy atom. The maximum absolute atomic E-state index is 11.8. The van der Waals surface area contributed by atoms with Gasteiger partial charge >= 0.3 is 5.97 Å².